The Morgan fingerprint density at radius 2 is 1.94 bits per heavy atom. The van der Waals surface area contributed by atoms with Crippen LogP contribution < -0.4 is 4.74 Å². The highest BCUT2D eigenvalue weighted by atomic mass is 35.5. The maximum atomic E-state index is 13.2. The molecule has 1 fully saturated rings. The molecule has 1 saturated heterocycles. The van der Waals surface area contributed by atoms with Gasteiger partial charge in [0.25, 0.3) is 11.7 Å². The topological polar surface area (TPSA) is 79.7 Å². The fourth-order valence-electron chi connectivity index (χ4n) is 4.04. The van der Waals surface area contributed by atoms with E-state index in [0.717, 1.165) is 16.7 Å². The molecular formula is C26H23ClN2O4. The summed E-state index contributed by atoms with van der Waals surface area (Å²) in [4.78, 5) is 32.0. The number of methoxy groups -OCH3 is 1. The Labute approximate surface area is 197 Å². The number of amides is 1. The molecule has 1 aromatic heterocycles. The van der Waals surface area contributed by atoms with E-state index in [4.69, 9.17) is 16.3 Å². The van der Waals surface area contributed by atoms with E-state index in [1.54, 1.807) is 36.7 Å². The zero-order chi connectivity index (χ0) is 23.7. The van der Waals surface area contributed by atoms with Crippen LogP contribution in [0.15, 0.2) is 66.5 Å². The summed E-state index contributed by atoms with van der Waals surface area (Å²) in [5, 5.41) is 11.6. The van der Waals surface area contributed by atoms with Crippen molar-refractivity contribution in [2.75, 3.05) is 7.11 Å². The molecule has 168 valence electrons. The molecule has 0 saturated carbocycles. The molecule has 7 heteroatoms. The number of benzene rings is 2. The van der Waals surface area contributed by atoms with Gasteiger partial charge < -0.3 is 14.7 Å². The number of ketones is 1. The second kappa shape index (κ2) is 9.08. The van der Waals surface area contributed by atoms with Gasteiger partial charge in [-0.2, -0.15) is 0 Å². The van der Waals surface area contributed by atoms with Gasteiger partial charge in [0.05, 0.1) is 23.7 Å². The van der Waals surface area contributed by atoms with Crippen molar-refractivity contribution in [3.8, 4) is 5.75 Å². The number of carbonyl (C=O) groups is 2. The van der Waals surface area contributed by atoms with Gasteiger partial charge in [-0.3, -0.25) is 14.6 Å². The molecule has 1 aliphatic heterocycles. The summed E-state index contributed by atoms with van der Waals surface area (Å²) in [7, 11) is 1.46. The Kier molecular flexibility index (Phi) is 6.20. The standard InChI is InChI=1S/C26H23ClN2O4/c1-15-6-7-16(2)19(11-15)14-29-23(18-5-4-10-28-13-18)22(25(31)26(29)32)24(30)17-8-9-20(27)21(12-17)33-3/h4-13,23,30H,14H2,1-3H3/b24-22-. The molecule has 4 rings (SSSR count). The summed E-state index contributed by atoms with van der Waals surface area (Å²) in [5.74, 6) is -1.36. The van der Waals surface area contributed by atoms with Gasteiger partial charge in [-0.15, -0.1) is 0 Å². The number of aliphatic hydroxyl groups excluding tert-OH is 1. The lowest BCUT2D eigenvalue weighted by Crippen LogP contribution is -2.29. The third kappa shape index (κ3) is 4.22. The number of carbonyl (C=O) groups excluding carboxylic acids is 2. The lowest BCUT2D eigenvalue weighted by molar-refractivity contribution is -0.140. The second-order valence-corrected chi connectivity index (χ2v) is 8.40. The molecule has 0 bridgehead atoms. The predicted octanol–water partition coefficient (Wildman–Crippen LogP) is 4.98. The average molecular weight is 463 g/mol. The molecule has 1 atom stereocenters. The molecule has 0 aliphatic carbocycles. The van der Waals surface area contributed by atoms with Crippen LogP contribution >= 0.6 is 11.6 Å². The molecule has 0 radical (unpaired) electrons. The maximum Gasteiger partial charge on any atom is 0.295 e. The lowest BCUT2D eigenvalue weighted by atomic mass is 9.96. The molecule has 1 amide bonds. The number of aromatic nitrogens is 1. The first-order valence-electron chi connectivity index (χ1n) is 10.4. The first-order chi connectivity index (χ1) is 15.8. The summed E-state index contributed by atoms with van der Waals surface area (Å²) >= 11 is 6.12. The number of hydrogen-bond donors (Lipinski definition) is 1. The van der Waals surface area contributed by atoms with Crippen LogP contribution in [0.25, 0.3) is 5.76 Å². The predicted molar refractivity (Wildman–Crippen MR) is 126 cm³/mol. The number of nitrogens with zero attached hydrogens (tertiary/aromatic N) is 2. The van der Waals surface area contributed by atoms with E-state index in [-0.39, 0.29) is 17.9 Å². The summed E-state index contributed by atoms with van der Waals surface area (Å²) in [5.41, 5.74) is 3.95. The molecule has 2 aromatic carbocycles. The number of hydrogen-bond acceptors (Lipinski definition) is 5. The number of rotatable bonds is 5. The number of pyridine rings is 1. The average Bonchev–Trinajstić information content (AvgIpc) is 3.06. The normalized spacial score (nSPS) is 17.5. The van der Waals surface area contributed by atoms with Gasteiger partial charge in [-0.1, -0.05) is 41.4 Å². The van der Waals surface area contributed by atoms with Crippen LogP contribution in [0.5, 0.6) is 5.75 Å². The molecule has 6 nitrogen and oxygen atoms in total. The van der Waals surface area contributed by atoms with Crippen molar-refractivity contribution >= 4 is 29.1 Å². The zero-order valence-corrected chi connectivity index (χ0v) is 19.3. The fourth-order valence-corrected chi connectivity index (χ4v) is 4.24. The molecule has 1 unspecified atom stereocenters. The Balaban J connectivity index is 1.87. The SMILES string of the molecule is COc1cc(/C(O)=C2/C(=O)C(=O)N(Cc3cc(C)ccc3C)C2c2cccnc2)ccc1Cl. The Morgan fingerprint density at radius 3 is 2.64 bits per heavy atom. The van der Waals surface area contributed by atoms with E-state index >= 15 is 0 Å². The second-order valence-electron chi connectivity index (χ2n) is 7.99. The third-order valence-corrected chi connectivity index (χ3v) is 6.12. The van der Waals surface area contributed by atoms with Crippen molar-refractivity contribution in [2.24, 2.45) is 0 Å². The van der Waals surface area contributed by atoms with E-state index in [2.05, 4.69) is 4.98 Å². The molecule has 0 spiro atoms. The lowest BCUT2D eigenvalue weighted by Gasteiger charge is -2.26. The van der Waals surface area contributed by atoms with Gasteiger partial charge >= 0.3 is 0 Å². The highest BCUT2D eigenvalue weighted by Gasteiger charge is 2.46. The molecule has 33 heavy (non-hydrogen) atoms. The van der Waals surface area contributed by atoms with E-state index in [0.29, 0.717) is 21.9 Å². The van der Waals surface area contributed by atoms with E-state index in [9.17, 15) is 14.7 Å². The van der Waals surface area contributed by atoms with Gasteiger partial charge in [-0.05, 0) is 54.8 Å². The monoisotopic (exact) mass is 462 g/mol. The van der Waals surface area contributed by atoms with Gasteiger partial charge in [-0.25, -0.2) is 0 Å². The van der Waals surface area contributed by atoms with E-state index in [1.165, 1.54) is 18.1 Å². The van der Waals surface area contributed by atoms with Crippen molar-refractivity contribution < 1.29 is 19.4 Å². The molecule has 1 N–H and O–H groups in total. The summed E-state index contributed by atoms with van der Waals surface area (Å²) in [6, 6.07) is 13.4. The quantitative estimate of drug-likeness (QED) is 0.328. The number of Topliss-reactive ketones (excluding diaryl/α,β-unsaturated/α-hetero) is 1. The highest BCUT2D eigenvalue weighted by molar-refractivity contribution is 6.46. The smallest absolute Gasteiger partial charge is 0.295 e. The Bertz CT molecular complexity index is 1270. The minimum atomic E-state index is -0.791. The minimum absolute atomic E-state index is 0.00248. The number of ether oxygens (including phenoxy) is 1. The van der Waals surface area contributed by atoms with Gasteiger partial charge in [0, 0.05) is 24.5 Å². The first kappa shape index (κ1) is 22.6. The van der Waals surface area contributed by atoms with Crippen LogP contribution in [0.3, 0.4) is 0 Å². The molecular weight excluding hydrogens is 440 g/mol. The minimum Gasteiger partial charge on any atom is -0.507 e. The summed E-state index contributed by atoms with van der Waals surface area (Å²) < 4.78 is 5.24. The fraction of sp³-hybridized carbons (Fsp3) is 0.192. The Hall–Kier alpha value is -3.64. The molecule has 2 heterocycles. The molecule has 3 aromatic rings. The van der Waals surface area contributed by atoms with Crippen LogP contribution in [-0.4, -0.2) is 33.8 Å². The number of halogens is 1. The first-order valence-corrected chi connectivity index (χ1v) is 10.8. The van der Waals surface area contributed by atoms with Gasteiger partial charge in [0.15, 0.2) is 0 Å². The van der Waals surface area contributed by atoms with Crippen LogP contribution in [-0.2, 0) is 16.1 Å². The van der Waals surface area contributed by atoms with Gasteiger partial charge in [0.2, 0.25) is 0 Å². The van der Waals surface area contributed by atoms with Crippen molar-refractivity contribution in [3.63, 3.8) is 0 Å². The number of likely N-dealkylation sites (tertiary alicyclic amines) is 1. The molecule has 1 aliphatic rings. The van der Waals surface area contributed by atoms with Crippen molar-refractivity contribution in [2.45, 2.75) is 26.4 Å². The Morgan fingerprint density at radius 1 is 1.15 bits per heavy atom. The van der Waals surface area contributed by atoms with Crippen LogP contribution in [0.2, 0.25) is 5.02 Å². The summed E-state index contributed by atoms with van der Waals surface area (Å²) in [6.45, 7) is 4.16. The van der Waals surface area contributed by atoms with Crippen molar-refractivity contribution in [1.29, 1.82) is 0 Å². The van der Waals surface area contributed by atoms with E-state index in [1.807, 2.05) is 32.0 Å². The van der Waals surface area contributed by atoms with Crippen LogP contribution in [0.4, 0.5) is 0 Å². The highest BCUT2D eigenvalue weighted by Crippen LogP contribution is 2.41. The maximum absolute atomic E-state index is 13.2. The van der Waals surface area contributed by atoms with Crippen molar-refractivity contribution in [1.82, 2.24) is 9.88 Å². The summed E-state index contributed by atoms with van der Waals surface area (Å²) in [6.07, 6.45) is 3.22. The zero-order valence-electron chi connectivity index (χ0n) is 18.5. The van der Waals surface area contributed by atoms with Crippen LogP contribution in [0.1, 0.15) is 33.9 Å². The van der Waals surface area contributed by atoms with Crippen LogP contribution in [0, 0.1) is 13.8 Å². The number of aryl methyl sites for hydroxylation is 2. The third-order valence-electron chi connectivity index (χ3n) is 5.81. The van der Waals surface area contributed by atoms with E-state index < -0.39 is 17.7 Å². The number of aliphatic hydroxyl groups is 1. The largest absolute Gasteiger partial charge is 0.507 e. The van der Waals surface area contributed by atoms with Gasteiger partial charge in [0.1, 0.15) is 11.5 Å². The van der Waals surface area contributed by atoms with Crippen molar-refractivity contribution in [3.05, 3.63) is 99.3 Å².